The van der Waals surface area contributed by atoms with Gasteiger partial charge in [-0.05, 0) is 41.1 Å². The molecule has 6 heteroatoms. The number of aliphatic hydroxyl groups is 1. The van der Waals surface area contributed by atoms with Gasteiger partial charge in [0.15, 0.2) is 0 Å². The number of hydrogen-bond donors (Lipinski definition) is 3. The minimum atomic E-state index is -0.383. The summed E-state index contributed by atoms with van der Waals surface area (Å²) in [5, 5.41) is 15.3. The SMILES string of the molecule is CC(O)CNCCNC(=O)c1ccc(Br)c(Cl)c1. The van der Waals surface area contributed by atoms with Crippen molar-refractivity contribution in [2.75, 3.05) is 19.6 Å². The van der Waals surface area contributed by atoms with E-state index in [-0.39, 0.29) is 12.0 Å². The third kappa shape index (κ3) is 5.35. The maximum absolute atomic E-state index is 11.7. The first-order valence-electron chi connectivity index (χ1n) is 5.62. The quantitative estimate of drug-likeness (QED) is 0.695. The summed E-state index contributed by atoms with van der Waals surface area (Å²) in [6.45, 7) is 3.33. The molecular weight excluding hydrogens is 320 g/mol. The third-order valence-corrected chi connectivity index (χ3v) is 3.44. The summed E-state index contributed by atoms with van der Waals surface area (Å²) in [6.07, 6.45) is -0.383. The molecule has 0 aliphatic heterocycles. The fourth-order valence-corrected chi connectivity index (χ4v) is 1.74. The predicted octanol–water partition coefficient (Wildman–Crippen LogP) is 1.80. The Morgan fingerprint density at radius 2 is 2.22 bits per heavy atom. The number of carbonyl (C=O) groups excluding carboxylic acids is 1. The molecule has 100 valence electrons. The van der Waals surface area contributed by atoms with E-state index in [0.717, 1.165) is 4.47 Å². The van der Waals surface area contributed by atoms with Gasteiger partial charge in [0.1, 0.15) is 0 Å². The van der Waals surface area contributed by atoms with Crippen molar-refractivity contribution >= 4 is 33.4 Å². The zero-order valence-electron chi connectivity index (χ0n) is 10.0. The van der Waals surface area contributed by atoms with E-state index in [1.807, 2.05) is 0 Å². The van der Waals surface area contributed by atoms with E-state index >= 15 is 0 Å². The summed E-state index contributed by atoms with van der Waals surface area (Å²) in [4.78, 5) is 11.7. The van der Waals surface area contributed by atoms with Crippen molar-refractivity contribution in [3.05, 3.63) is 33.3 Å². The number of amides is 1. The lowest BCUT2D eigenvalue weighted by Crippen LogP contribution is -2.34. The standard InChI is InChI=1S/C12H16BrClN2O2/c1-8(17)7-15-4-5-16-12(18)9-2-3-10(13)11(14)6-9/h2-3,6,8,15,17H,4-5,7H2,1H3,(H,16,18). The van der Waals surface area contributed by atoms with Gasteiger partial charge in [-0.25, -0.2) is 0 Å². The van der Waals surface area contributed by atoms with E-state index in [9.17, 15) is 4.79 Å². The highest BCUT2D eigenvalue weighted by atomic mass is 79.9. The molecule has 18 heavy (non-hydrogen) atoms. The summed E-state index contributed by atoms with van der Waals surface area (Å²) in [6, 6.07) is 5.06. The van der Waals surface area contributed by atoms with Crippen molar-refractivity contribution in [2.24, 2.45) is 0 Å². The molecule has 1 rings (SSSR count). The monoisotopic (exact) mass is 334 g/mol. The van der Waals surface area contributed by atoms with Crippen LogP contribution < -0.4 is 10.6 Å². The Morgan fingerprint density at radius 1 is 1.50 bits per heavy atom. The Kier molecular flexibility index (Phi) is 6.63. The molecular formula is C12H16BrClN2O2. The smallest absolute Gasteiger partial charge is 0.251 e. The topological polar surface area (TPSA) is 61.4 Å². The Labute approximate surface area is 120 Å². The Balaban J connectivity index is 2.34. The molecule has 0 radical (unpaired) electrons. The average Bonchev–Trinajstić information content (AvgIpc) is 2.31. The molecule has 1 aromatic carbocycles. The van der Waals surface area contributed by atoms with Crippen LogP contribution in [0.2, 0.25) is 5.02 Å². The first-order valence-corrected chi connectivity index (χ1v) is 6.80. The molecule has 0 heterocycles. The number of rotatable bonds is 6. The Morgan fingerprint density at radius 3 is 2.83 bits per heavy atom. The van der Waals surface area contributed by atoms with Gasteiger partial charge in [-0.1, -0.05) is 11.6 Å². The van der Waals surface area contributed by atoms with Crippen molar-refractivity contribution in [1.29, 1.82) is 0 Å². The number of benzene rings is 1. The van der Waals surface area contributed by atoms with Crippen LogP contribution in [0, 0.1) is 0 Å². The van der Waals surface area contributed by atoms with Crippen LogP contribution in [0.3, 0.4) is 0 Å². The Hall–Kier alpha value is -0.620. The maximum atomic E-state index is 11.7. The van der Waals surface area contributed by atoms with E-state index in [0.29, 0.717) is 30.2 Å². The fraction of sp³-hybridized carbons (Fsp3) is 0.417. The second kappa shape index (κ2) is 7.74. The fourth-order valence-electron chi connectivity index (χ4n) is 1.31. The molecule has 4 nitrogen and oxygen atoms in total. The van der Waals surface area contributed by atoms with Crippen LogP contribution in [0.25, 0.3) is 0 Å². The van der Waals surface area contributed by atoms with E-state index in [1.165, 1.54) is 0 Å². The van der Waals surface area contributed by atoms with Gasteiger partial charge in [0.05, 0.1) is 11.1 Å². The van der Waals surface area contributed by atoms with Gasteiger partial charge >= 0.3 is 0 Å². The van der Waals surface area contributed by atoms with E-state index in [1.54, 1.807) is 25.1 Å². The lowest BCUT2D eigenvalue weighted by molar-refractivity contribution is 0.0953. The minimum Gasteiger partial charge on any atom is -0.392 e. The van der Waals surface area contributed by atoms with Crippen molar-refractivity contribution in [3.8, 4) is 0 Å². The Bertz CT molecular complexity index is 413. The predicted molar refractivity (Wildman–Crippen MR) is 76.0 cm³/mol. The molecule has 0 saturated heterocycles. The number of nitrogens with one attached hydrogen (secondary N) is 2. The molecule has 0 bridgehead atoms. The number of hydrogen-bond acceptors (Lipinski definition) is 3. The van der Waals surface area contributed by atoms with Gasteiger partial charge in [0.25, 0.3) is 5.91 Å². The van der Waals surface area contributed by atoms with Crippen LogP contribution in [-0.4, -0.2) is 36.8 Å². The second-order valence-electron chi connectivity index (χ2n) is 3.94. The molecule has 1 aromatic rings. The lowest BCUT2D eigenvalue weighted by atomic mass is 10.2. The molecule has 0 fully saturated rings. The largest absolute Gasteiger partial charge is 0.392 e. The minimum absolute atomic E-state index is 0.164. The molecule has 1 unspecified atom stereocenters. The molecule has 0 saturated carbocycles. The van der Waals surface area contributed by atoms with Gasteiger partial charge in [-0.2, -0.15) is 0 Å². The molecule has 0 spiro atoms. The maximum Gasteiger partial charge on any atom is 0.251 e. The average molecular weight is 336 g/mol. The van der Waals surface area contributed by atoms with Crippen molar-refractivity contribution in [2.45, 2.75) is 13.0 Å². The van der Waals surface area contributed by atoms with Crippen LogP contribution in [0.15, 0.2) is 22.7 Å². The van der Waals surface area contributed by atoms with Crippen LogP contribution in [-0.2, 0) is 0 Å². The highest BCUT2D eigenvalue weighted by Gasteiger charge is 2.06. The summed E-state index contributed by atoms with van der Waals surface area (Å²) in [5.74, 6) is -0.164. The third-order valence-electron chi connectivity index (χ3n) is 2.21. The molecule has 0 aliphatic rings. The normalized spacial score (nSPS) is 12.2. The number of halogens is 2. The van der Waals surface area contributed by atoms with Gasteiger partial charge in [0, 0.05) is 29.7 Å². The summed E-state index contributed by atoms with van der Waals surface area (Å²) in [5.41, 5.74) is 0.527. The van der Waals surface area contributed by atoms with Gasteiger partial charge < -0.3 is 15.7 Å². The van der Waals surface area contributed by atoms with E-state index in [2.05, 4.69) is 26.6 Å². The molecule has 1 atom stereocenters. The number of carbonyl (C=O) groups is 1. The first-order chi connectivity index (χ1) is 8.50. The van der Waals surface area contributed by atoms with Crippen LogP contribution in [0.5, 0.6) is 0 Å². The molecule has 0 aliphatic carbocycles. The first kappa shape index (κ1) is 15.4. The summed E-state index contributed by atoms with van der Waals surface area (Å²) < 4.78 is 0.763. The highest BCUT2D eigenvalue weighted by Crippen LogP contribution is 2.22. The van der Waals surface area contributed by atoms with Crippen LogP contribution in [0.1, 0.15) is 17.3 Å². The van der Waals surface area contributed by atoms with Crippen molar-refractivity contribution < 1.29 is 9.90 Å². The lowest BCUT2D eigenvalue weighted by Gasteiger charge is -2.08. The van der Waals surface area contributed by atoms with Crippen molar-refractivity contribution in [3.63, 3.8) is 0 Å². The summed E-state index contributed by atoms with van der Waals surface area (Å²) >= 11 is 9.18. The number of aliphatic hydroxyl groups excluding tert-OH is 1. The van der Waals surface area contributed by atoms with Crippen molar-refractivity contribution in [1.82, 2.24) is 10.6 Å². The second-order valence-corrected chi connectivity index (χ2v) is 5.20. The van der Waals surface area contributed by atoms with E-state index in [4.69, 9.17) is 16.7 Å². The molecule has 1 amide bonds. The van der Waals surface area contributed by atoms with Gasteiger partial charge in [-0.15, -0.1) is 0 Å². The molecule has 0 aromatic heterocycles. The van der Waals surface area contributed by atoms with Gasteiger partial charge in [-0.3, -0.25) is 4.79 Å². The summed E-state index contributed by atoms with van der Waals surface area (Å²) in [7, 11) is 0. The van der Waals surface area contributed by atoms with E-state index < -0.39 is 0 Å². The zero-order valence-corrected chi connectivity index (χ0v) is 12.4. The van der Waals surface area contributed by atoms with Crippen LogP contribution >= 0.6 is 27.5 Å². The highest BCUT2D eigenvalue weighted by molar-refractivity contribution is 9.10. The zero-order chi connectivity index (χ0) is 13.5. The van der Waals surface area contributed by atoms with Crippen LogP contribution in [0.4, 0.5) is 0 Å². The van der Waals surface area contributed by atoms with Gasteiger partial charge in [0.2, 0.25) is 0 Å². The molecule has 3 N–H and O–H groups in total.